The van der Waals surface area contributed by atoms with Crippen molar-refractivity contribution in [3.05, 3.63) is 70.8 Å². The molecule has 0 aliphatic carbocycles. The number of imide groups is 1. The van der Waals surface area contributed by atoms with Gasteiger partial charge in [-0.05, 0) is 44.4 Å². The van der Waals surface area contributed by atoms with E-state index >= 15 is 0 Å². The standard InChI is InChI=1S/C23H28N2O4S/c1-15(2)25(21(26)20-16(3)9-8-10-17(20)4)23(29)24-19(22(27)28)14-30-13-18-11-6-5-7-12-18/h5-12,15,19H,13-14H2,1-4H3,(H,24,29)(H,27,28)/t19-/m0/s1. The first-order chi connectivity index (χ1) is 14.2. The number of carboxylic acids is 1. The molecule has 0 aliphatic heterocycles. The van der Waals surface area contributed by atoms with Crippen molar-refractivity contribution < 1.29 is 19.5 Å². The molecule has 3 amide bonds. The van der Waals surface area contributed by atoms with Gasteiger partial charge in [0, 0.05) is 23.1 Å². The van der Waals surface area contributed by atoms with E-state index in [0.29, 0.717) is 11.3 Å². The molecule has 1 atom stereocenters. The summed E-state index contributed by atoms with van der Waals surface area (Å²) in [6.07, 6.45) is 0. The number of rotatable bonds is 8. The van der Waals surface area contributed by atoms with E-state index in [9.17, 15) is 19.5 Å². The van der Waals surface area contributed by atoms with Crippen molar-refractivity contribution in [3.63, 3.8) is 0 Å². The fourth-order valence-electron chi connectivity index (χ4n) is 3.10. The van der Waals surface area contributed by atoms with Crippen LogP contribution in [0.25, 0.3) is 0 Å². The maximum absolute atomic E-state index is 13.1. The van der Waals surface area contributed by atoms with Crippen molar-refractivity contribution in [3.8, 4) is 0 Å². The van der Waals surface area contributed by atoms with Gasteiger partial charge in [0.1, 0.15) is 6.04 Å². The molecular formula is C23H28N2O4S. The molecule has 0 unspecified atom stereocenters. The van der Waals surface area contributed by atoms with E-state index in [2.05, 4.69) is 5.32 Å². The SMILES string of the molecule is Cc1cccc(C)c1C(=O)N(C(=O)N[C@@H](CSCc1ccccc1)C(=O)O)C(C)C. The Labute approximate surface area is 181 Å². The third-order valence-corrected chi connectivity index (χ3v) is 5.75. The van der Waals surface area contributed by atoms with E-state index in [0.717, 1.165) is 21.6 Å². The van der Waals surface area contributed by atoms with Gasteiger partial charge in [-0.1, -0.05) is 48.5 Å². The van der Waals surface area contributed by atoms with E-state index in [-0.39, 0.29) is 5.75 Å². The van der Waals surface area contributed by atoms with E-state index in [1.807, 2.05) is 62.4 Å². The van der Waals surface area contributed by atoms with Crippen molar-refractivity contribution in [2.75, 3.05) is 5.75 Å². The van der Waals surface area contributed by atoms with Crippen LogP contribution in [-0.2, 0) is 10.5 Å². The second kappa shape index (κ2) is 10.8. The maximum atomic E-state index is 13.1. The lowest BCUT2D eigenvalue weighted by molar-refractivity contribution is -0.138. The molecule has 2 rings (SSSR count). The zero-order valence-corrected chi connectivity index (χ0v) is 18.5. The van der Waals surface area contributed by atoms with Crippen LogP contribution in [0.4, 0.5) is 4.79 Å². The number of nitrogens with zero attached hydrogens (tertiary/aromatic N) is 1. The molecule has 0 heterocycles. The summed E-state index contributed by atoms with van der Waals surface area (Å²) in [7, 11) is 0. The van der Waals surface area contributed by atoms with Gasteiger partial charge in [0.15, 0.2) is 0 Å². The molecule has 0 radical (unpaired) electrons. The van der Waals surface area contributed by atoms with Crippen molar-refractivity contribution in [2.45, 2.75) is 45.5 Å². The molecule has 2 aromatic carbocycles. The Hall–Kier alpha value is -2.80. The van der Waals surface area contributed by atoms with Crippen LogP contribution in [-0.4, -0.2) is 45.8 Å². The number of amides is 3. The number of carbonyl (C=O) groups excluding carboxylic acids is 2. The van der Waals surface area contributed by atoms with Crippen LogP contribution in [0.5, 0.6) is 0 Å². The molecule has 6 nitrogen and oxygen atoms in total. The van der Waals surface area contributed by atoms with Gasteiger partial charge in [-0.2, -0.15) is 11.8 Å². The van der Waals surface area contributed by atoms with Crippen LogP contribution in [0.15, 0.2) is 48.5 Å². The zero-order chi connectivity index (χ0) is 22.3. The predicted molar refractivity (Wildman–Crippen MR) is 120 cm³/mol. The Bertz CT molecular complexity index is 879. The summed E-state index contributed by atoms with van der Waals surface area (Å²) in [6, 6.07) is 12.9. The molecule has 30 heavy (non-hydrogen) atoms. The molecule has 2 aromatic rings. The van der Waals surface area contributed by atoms with Gasteiger partial charge in [-0.25, -0.2) is 9.59 Å². The summed E-state index contributed by atoms with van der Waals surface area (Å²) < 4.78 is 0. The second-order valence-electron chi connectivity index (χ2n) is 7.38. The summed E-state index contributed by atoms with van der Waals surface area (Å²) in [5, 5.41) is 12.1. The van der Waals surface area contributed by atoms with Crippen LogP contribution < -0.4 is 5.32 Å². The fourth-order valence-corrected chi connectivity index (χ4v) is 4.10. The smallest absolute Gasteiger partial charge is 0.327 e. The van der Waals surface area contributed by atoms with Gasteiger partial charge in [-0.3, -0.25) is 9.69 Å². The summed E-state index contributed by atoms with van der Waals surface area (Å²) in [6.45, 7) is 7.09. The number of benzene rings is 2. The lowest BCUT2D eigenvalue weighted by atomic mass is 10.0. The second-order valence-corrected chi connectivity index (χ2v) is 8.41. The third-order valence-electron chi connectivity index (χ3n) is 4.64. The lowest BCUT2D eigenvalue weighted by Crippen LogP contribution is -2.53. The molecule has 0 fully saturated rings. The first-order valence-corrected chi connectivity index (χ1v) is 10.9. The Morgan fingerprint density at radius 1 is 1.00 bits per heavy atom. The average Bonchev–Trinajstić information content (AvgIpc) is 2.67. The van der Waals surface area contributed by atoms with Crippen LogP contribution in [0.2, 0.25) is 0 Å². The number of nitrogens with one attached hydrogen (secondary N) is 1. The van der Waals surface area contributed by atoms with Gasteiger partial charge < -0.3 is 10.4 Å². The first-order valence-electron chi connectivity index (χ1n) is 9.77. The molecule has 0 saturated carbocycles. The molecule has 0 saturated heterocycles. The Balaban J connectivity index is 2.11. The molecule has 0 spiro atoms. The number of hydrogen-bond donors (Lipinski definition) is 2. The molecule has 160 valence electrons. The van der Waals surface area contributed by atoms with E-state index in [1.54, 1.807) is 13.8 Å². The van der Waals surface area contributed by atoms with Crippen LogP contribution in [0.1, 0.15) is 40.9 Å². The van der Waals surface area contributed by atoms with E-state index in [4.69, 9.17) is 0 Å². The average molecular weight is 429 g/mol. The Kier molecular flexibility index (Phi) is 8.47. The van der Waals surface area contributed by atoms with Crippen molar-refractivity contribution >= 4 is 29.7 Å². The fraction of sp³-hybridized carbons (Fsp3) is 0.348. The van der Waals surface area contributed by atoms with E-state index < -0.39 is 30.0 Å². The highest BCUT2D eigenvalue weighted by Crippen LogP contribution is 2.18. The monoisotopic (exact) mass is 428 g/mol. The van der Waals surface area contributed by atoms with E-state index in [1.165, 1.54) is 11.8 Å². The van der Waals surface area contributed by atoms with Crippen molar-refractivity contribution in [1.82, 2.24) is 10.2 Å². The number of hydrogen-bond acceptors (Lipinski definition) is 4. The topological polar surface area (TPSA) is 86.7 Å². The largest absolute Gasteiger partial charge is 0.480 e. The number of thioether (sulfide) groups is 1. The highest BCUT2D eigenvalue weighted by Gasteiger charge is 2.30. The maximum Gasteiger partial charge on any atom is 0.327 e. The minimum Gasteiger partial charge on any atom is -0.480 e. The highest BCUT2D eigenvalue weighted by atomic mass is 32.2. The minimum atomic E-state index is -1.13. The third kappa shape index (κ3) is 6.10. The first kappa shape index (κ1) is 23.5. The van der Waals surface area contributed by atoms with Gasteiger partial charge >= 0.3 is 12.0 Å². The molecular weight excluding hydrogens is 400 g/mol. The van der Waals surface area contributed by atoms with Crippen LogP contribution >= 0.6 is 11.8 Å². The number of urea groups is 1. The highest BCUT2D eigenvalue weighted by molar-refractivity contribution is 7.98. The number of aryl methyl sites for hydroxylation is 2. The van der Waals surface area contributed by atoms with Crippen LogP contribution in [0, 0.1) is 13.8 Å². The van der Waals surface area contributed by atoms with Crippen molar-refractivity contribution in [1.29, 1.82) is 0 Å². The number of aliphatic carboxylic acids is 1. The molecule has 0 aromatic heterocycles. The zero-order valence-electron chi connectivity index (χ0n) is 17.7. The molecule has 7 heteroatoms. The van der Waals surface area contributed by atoms with Gasteiger partial charge in [0.2, 0.25) is 0 Å². The minimum absolute atomic E-state index is 0.194. The Morgan fingerprint density at radius 3 is 2.13 bits per heavy atom. The summed E-state index contributed by atoms with van der Waals surface area (Å²) in [5.41, 5.74) is 3.08. The normalized spacial score (nSPS) is 11.8. The molecule has 0 bridgehead atoms. The molecule has 2 N–H and O–H groups in total. The summed E-state index contributed by atoms with van der Waals surface area (Å²) >= 11 is 1.42. The van der Waals surface area contributed by atoms with Crippen molar-refractivity contribution in [2.24, 2.45) is 0 Å². The van der Waals surface area contributed by atoms with Gasteiger partial charge in [0.05, 0.1) is 0 Å². The Morgan fingerprint density at radius 2 is 1.60 bits per heavy atom. The quantitative estimate of drug-likeness (QED) is 0.656. The molecule has 0 aliphatic rings. The van der Waals surface area contributed by atoms with Gasteiger partial charge in [0.25, 0.3) is 5.91 Å². The summed E-state index contributed by atoms with van der Waals surface area (Å²) in [5.74, 6) is -0.735. The van der Waals surface area contributed by atoms with Gasteiger partial charge in [-0.15, -0.1) is 0 Å². The predicted octanol–water partition coefficient (Wildman–Crippen LogP) is 4.25. The summed E-state index contributed by atoms with van der Waals surface area (Å²) in [4.78, 5) is 38.8. The number of carboxylic acid groups (broad SMARTS) is 1. The number of carbonyl (C=O) groups is 3. The lowest BCUT2D eigenvalue weighted by Gasteiger charge is -2.28. The van der Waals surface area contributed by atoms with Crippen LogP contribution in [0.3, 0.4) is 0 Å².